The van der Waals surface area contributed by atoms with Crippen molar-refractivity contribution >= 4 is 15.9 Å². The quantitative estimate of drug-likeness (QED) is 0.853. The van der Waals surface area contributed by atoms with Gasteiger partial charge in [-0.2, -0.15) is 0 Å². The van der Waals surface area contributed by atoms with Gasteiger partial charge in [-0.25, -0.2) is 13.2 Å². The van der Waals surface area contributed by atoms with E-state index in [-0.39, 0.29) is 17.5 Å². The highest BCUT2D eigenvalue weighted by atomic mass is 32.2. The molecule has 3 fully saturated rings. The van der Waals surface area contributed by atoms with Gasteiger partial charge in [-0.05, 0) is 43.4 Å². The molecule has 1 saturated heterocycles. The van der Waals surface area contributed by atoms with Crippen molar-refractivity contribution in [3.05, 3.63) is 0 Å². The number of rotatable bonds is 3. The molecule has 0 aromatic carbocycles. The van der Waals surface area contributed by atoms with E-state index >= 15 is 0 Å². The number of hydrogen-bond acceptors (Lipinski definition) is 3. The molecule has 2 amide bonds. The van der Waals surface area contributed by atoms with Crippen molar-refractivity contribution in [3.63, 3.8) is 0 Å². The van der Waals surface area contributed by atoms with Crippen LogP contribution in [0.1, 0.15) is 32.1 Å². The van der Waals surface area contributed by atoms with Crippen molar-refractivity contribution in [1.29, 1.82) is 0 Å². The van der Waals surface area contributed by atoms with Crippen LogP contribution in [0, 0.1) is 17.8 Å². The Balaban J connectivity index is 1.37. The minimum Gasteiger partial charge on any atom is -0.338 e. The van der Waals surface area contributed by atoms with Gasteiger partial charge in [-0.1, -0.05) is 6.42 Å². The van der Waals surface area contributed by atoms with Gasteiger partial charge in [0.1, 0.15) is 0 Å². The molecular weight excluding hydrogens is 276 g/mol. The van der Waals surface area contributed by atoms with E-state index in [0.29, 0.717) is 13.1 Å². The third-order valence-electron chi connectivity index (χ3n) is 5.31. The molecule has 3 rings (SSSR count). The monoisotopic (exact) mass is 300 g/mol. The Morgan fingerprint density at radius 2 is 1.90 bits per heavy atom. The molecule has 0 aromatic rings. The zero-order valence-electron chi connectivity index (χ0n) is 11.9. The molecule has 0 spiro atoms. The van der Waals surface area contributed by atoms with Crippen molar-refractivity contribution in [2.45, 2.75) is 32.1 Å². The molecule has 3 unspecified atom stereocenters. The summed E-state index contributed by atoms with van der Waals surface area (Å²) in [6.45, 7) is 1.40. The number of carbonyl (C=O) groups excluding carboxylic acids is 1. The SMILES string of the molecule is O=C(NCCC1CC2CCC1C2)N1CCS(=O)(=O)CC1. The van der Waals surface area contributed by atoms with Crippen molar-refractivity contribution in [1.82, 2.24) is 10.2 Å². The van der Waals surface area contributed by atoms with Crippen LogP contribution >= 0.6 is 0 Å². The topological polar surface area (TPSA) is 66.5 Å². The number of hydrogen-bond donors (Lipinski definition) is 1. The summed E-state index contributed by atoms with van der Waals surface area (Å²) in [7, 11) is -2.91. The first-order chi connectivity index (χ1) is 9.53. The highest BCUT2D eigenvalue weighted by Crippen LogP contribution is 2.49. The highest BCUT2D eigenvalue weighted by molar-refractivity contribution is 7.91. The van der Waals surface area contributed by atoms with Gasteiger partial charge in [0, 0.05) is 19.6 Å². The Labute approximate surface area is 121 Å². The second-order valence-electron chi connectivity index (χ2n) is 6.59. The van der Waals surface area contributed by atoms with Gasteiger partial charge in [-0.3, -0.25) is 0 Å². The van der Waals surface area contributed by atoms with Crippen LogP contribution < -0.4 is 5.32 Å². The van der Waals surface area contributed by atoms with Gasteiger partial charge in [0.25, 0.3) is 0 Å². The molecule has 2 bridgehead atoms. The van der Waals surface area contributed by atoms with E-state index in [4.69, 9.17) is 0 Å². The van der Waals surface area contributed by atoms with Gasteiger partial charge in [0.05, 0.1) is 11.5 Å². The molecule has 2 aliphatic carbocycles. The smallest absolute Gasteiger partial charge is 0.317 e. The van der Waals surface area contributed by atoms with E-state index in [1.807, 2.05) is 0 Å². The molecule has 5 nitrogen and oxygen atoms in total. The summed E-state index contributed by atoms with van der Waals surface area (Å²) in [6, 6.07) is -0.0944. The van der Waals surface area contributed by atoms with Gasteiger partial charge in [0.2, 0.25) is 0 Å². The van der Waals surface area contributed by atoms with Crippen molar-refractivity contribution in [3.8, 4) is 0 Å². The van der Waals surface area contributed by atoms with Gasteiger partial charge in [-0.15, -0.1) is 0 Å². The number of nitrogens with zero attached hydrogens (tertiary/aromatic N) is 1. The van der Waals surface area contributed by atoms with E-state index in [1.165, 1.54) is 25.7 Å². The summed E-state index contributed by atoms with van der Waals surface area (Å²) in [5.41, 5.74) is 0. The molecule has 0 radical (unpaired) electrons. The van der Waals surface area contributed by atoms with Gasteiger partial charge in [0.15, 0.2) is 9.84 Å². The predicted molar refractivity (Wildman–Crippen MR) is 77.2 cm³/mol. The van der Waals surface area contributed by atoms with Crippen LogP contribution in [0.4, 0.5) is 4.79 Å². The number of urea groups is 1. The Hall–Kier alpha value is -0.780. The Morgan fingerprint density at radius 1 is 1.15 bits per heavy atom. The Morgan fingerprint density at radius 3 is 2.50 bits per heavy atom. The number of fused-ring (bicyclic) bond motifs is 2. The van der Waals surface area contributed by atoms with Crippen LogP contribution in [0.2, 0.25) is 0 Å². The maximum atomic E-state index is 12.0. The summed E-state index contributed by atoms with van der Waals surface area (Å²) in [5, 5.41) is 2.96. The molecule has 114 valence electrons. The van der Waals surface area contributed by atoms with Crippen LogP contribution in [-0.2, 0) is 9.84 Å². The van der Waals surface area contributed by atoms with E-state index in [2.05, 4.69) is 5.32 Å². The Bertz CT molecular complexity index is 463. The van der Waals surface area contributed by atoms with Gasteiger partial charge >= 0.3 is 6.03 Å². The fourth-order valence-corrected chi connectivity index (χ4v) is 5.32. The summed E-state index contributed by atoms with van der Waals surface area (Å²) >= 11 is 0. The first kappa shape index (κ1) is 14.2. The maximum Gasteiger partial charge on any atom is 0.317 e. The van der Waals surface area contributed by atoms with Crippen molar-refractivity contribution < 1.29 is 13.2 Å². The molecule has 6 heteroatoms. The van der Waals surface area contributed by atoms with Crippen LogP contribution in [-0.4, -0.2) is 50.5 Å². The molecule has 1 aliphatic heterocycles. The second-order valence-corrected chi connectivity index (χ2v) is 8.90. The average Bonchev–Trinajstić information content (AvgIpc) is 3.00. The van der Waals surface area contributed by atoms with Crippen LogP contribution in [0.25, 0.3) is 0 Å². The lowest BCUT2D eigenvalue weighted by molar-refractivity contribution is 0.200. The first-order valence-corrected chi connectivity index (χ1v) is 9.59. The largest absolute Gasteiger partial charge is 0.338 e. The lowest BCUT2D eigenvalue weighted by Gasteiger charge is -2.27. The van der Waals surface area contributed by atoms with E-state index in [1.54, 1.807) is 4.90 Å². The molecular formula is C14H24N2O3S. The fourth-order valence-electron chi connectivity index (χ4n) is 4.12. The minimum absolute atomic E-state index is 0.0944. The van der Waals surface area contributed by atoms with E-state index < -0.39 is 9.84 Å². The zero-order valence-corrected chi connectivity index (χ0v) is 12.7. The van der Waals surface area contributed by atoms with Crippen LogP contribution in [0.3, 0.4) is 0 Å². The first-order valence-electron chi connectivity index (χ1n) is 7.77. The number of sulfone groups is 1. The van der Waals surface area contributed by atoms with Crippen molar-refractivity contribution in [2.75, 3.05) is 31.1 Å². The van der Waals surface area contributed by atoms with Crippen LogP contribution in [0.5, 0.6) is 0 Å². The minimum atomic E-state index is -2.91. The van der Waals surface area contributed by atoms with Crippen LogP contribution in [0.15, 0.2) is 0 Å². The fraction of sp³-hybridized carbons (Fsp3) is 0.929. The average molecular weight is 300 g/mol. The van der Waals surface area contributed by atoms with E-state index in [9.17, 15) is 13.2 Å². The van der Waals surface area contributed by atoms with E-state index in [0.717, 1.165) is 30.7 Å². The summed E-state index contributed by atoms with van der Waals surface area (Å²) in [5.74, 6) is 2.86. The normalized spacial score (nSPS) is 35.2. The lowest BCUT2D eigenvalue weighted by atomic mass is 9.86. The molecule has 2 saturated carbocycles. The number of nitrogens with one attached hydrogen (secondary N) is 1. The zero-order chi connectivity index (χ0) is 14.2. The molecule has 3 aliphatic rings. The molecule has 3 atom stereocenters. The maximum absolute atomic E-state index is 12.0. The van der Waals surface area contributed by atoms with Crippen molar-refractivity contribution in [2.24, 2.45) is 17.8 Å². The lowest BCUT2D eigenvalue weighted by Crippen LogP contribution is -2.48. The molecule has 1 N–H and O–H groups in total. The summed E-state index contributed by atoms with van der Waals surface area (Å²) < 4.78 is 22.6. The predicted octanol–water partition coefficient (Wildman–Crippen LogP) is 1.25. The number of carbonyl (C=O) groups is 1. The second kappa shape index (κ2) is 5.54. The summed E-state index contributed by atoms with van der Waals surface area (Å²) in [6.07, 6.45) is 6.63. The van der Waals surface area contributed by atoms with Gasteiger partial charge < -0.3 is 10.2 Å². The number of amides is 2. The standard InChI is InChI=1S/C14H24N2O3S/c17-14(16-5-7-20(18,19)8-6-16)15-4-3-13-10-11-1-2-12(13)9-11/h11-13H,1-10H2,(H,15,17). The Kier molecular flexibility index (Phi) is 3.93. The molecule has 1 heterocycles. The summed E-state index contributed by atoms with van der Waals surface area (Å²) in [4.78, 5) is 13.6. The third-order valence-corrected chi connectivity index (χ3v) is 6.92. The third kappa shape index (κ3) is 3.10. The highest BCUT2D eigenvalue weighted by Gasteiger charge is 2.38. The molecule has 20 heavy (non-hydrogen) atoms. The molecule has 0 aromatic heterocycles.